The van der Waals surface area contributed by atoms with Gasteiger partial charge in [0.1, 0.15) is 4.60 Å². The first kappa shape index (κ1) is 8.26. The van der Waals surface area contributed by atoms with Crippen molar-refractivity contribution >= 4 is 21.7 Å². The zero-order valence-corrected chi connectivity index (χ0v) is 7.84. The maximum absolute atomic E-state index is 5.48. The summed E-state index contributed by atoms with van der Waals surface area (Å²) in [7, 11) is 1.50. The van der Waals surface area contributed by atoms with Gasteiger partial charge in [-0.2, -0.15) is 0 Å². The standard InChI is InChI=1S/C6H8BrN3O/c1-3-4(7)10-6(11-2)5(8)9-3/h1-2H3,(H2,8,9). The number of nitrogen functional groups attached to an aromatic ring is 1. The number of nitrogens with zero attached hydrogens (tertiary/aromatic N) is 2. The van der Waals surface area contributed by atoms with E-state index in [0.717, 1.165) is 5.69 Å². The van der Waals surface area contributed by atoms with Gasteiger partial charge in [-0.1, -0.05) is 0 Å². The molecule has 11 heavy (non-hydrogen) atoms. The molecule has 0 amide bonds. The summed E-state index contributed by atoms with van der Waals surface area (Å²) in [5, 5.41) is 0. The smallest absolute Gasteiger partial charge is 0.258 e. The molecule has 0 aromatic carbocycles. The van der Waals surface area contributed by atoms with Crippen LogP contribution in [0, 0.1) is 6.92 Å². The Bertz CT molecular complexity index is 277. The van der Waals surface area contributed by atoms with Crippen molar-refractivity contribution in [1.29, 1.82) is 0 Å². The number of hydrogen-bond donors (Lipinski definition) is 1. The van der Waals surface area contributed by atoms with Crippen LogP contribution >= 0.6 is 15.9 Å². The van der Waals surface area contributed by atoms with E-state index in [9.17, 15) is 0 Å². The lowest BCUT2D eigenvalue weighted by Crippen LogP contribution is -2.00. The first-order valence-electron chi connectivity index (χ1n) is 2.98. The molecule has 5 heteroatoms. The zero-order chi connectivity index (χ0) is 8.43. The molecule has 0 bridgehead atoms. The predicted octanol–water partition coefficient (Wildman–Crippen LogP) is 1.14. The number of rotatable bonds is 1. The lowest BCUT2D eigenvalue weighted by Gasteiger charge is -2.03. The molecule has 1 aromatic rings. The second-order valence-electron chi connectivity index (χ2n) is 1.99. The highest BCUT2D eigenvalue weighted by Gasteiger charge is 2.05. The Morgan fingerprint density at radius 2 is 2.09 bits per heavy atom. The molecule has 0 atom stereocenters. The third-order valence-corrected chi connectivity index (χ3v) is 1.95. The maximum atomic E-state index is 5.48. The second-order valence-corrected chi connectivity index (χ2v) is 2.75. The molecule has 1 rings (SSSR count). The van der Waals surface area contributed by atoms with Crippen molar-refractivity contribution in [3.05, 3.63) is 10.3 Å². The molecule has 0 saturated carbocycles. The van der Waals surface area contributed by atoms with Crippen LogP contribution in [0.5, 0.6) is 5.88 Å². The van der Waals surface area contributed by atoms with Crippen LogP contribution in [-0.4, -0.2) is 17.1 Å². The van der Waals surface area contributed by atoms with E-state index >= 15 is 0 Å². The Balaban J connectivity index is 3.21. The molecule has 2 N–H and O–H groups in total. The van der Waals surface area contributed by atoms with Gasteiger partial charge in [-0.15, -0.1) is 0 Å². The van der Waals surface area contributed by atoms with E-state index in [2.05, 4.69) is 25.9 Å². The van der Waals surface area contributed by atoms with E-state index in [4.69, 9.17) is 10.5 Å². The molecule has 0 unspecified atom stereocenters. The van der Waals surface area contributed by atoms with Crippen LogP contribution in [0.25, 0.3) is 0 Å². The van der Waals surface area contributed by atoms with Gasteiger partial charge in [0.2, 0.25) is 0 Å². The van der Waals surface area contributed by atoms with Crippen LogP contribution in [0.3, 0.4) is 0 Å². The molecule has 60 valence electrons. The van der Waals surface area contributed by atoms with Crippen molar-refractivity contribution < 1.29 is 4.74 Å². The molecule has 0 aliphatic carbocycles. The number of ether oxygens (including phenoxy) is 1. The SMILES string of the molecule is COc1nc(Br)c(C)nc1N. The average Bonchev–Trinajstić information content (AvgIpc) is 1.97. The first-order chi connectivity index (χ1) is 5.15. The number of aryl methyl sites for hydroxylation is 1. The minimum atomic E-state index is 0.313. The summed E-state index contributed by atoms with van der Waals surface area (Å²) in [6, 6.07) is 0. The van der Waals surface area contributed by atoms with E-state index in [0.29, 0.717) is 16.3 Å². The number of hydrogen-bond acceptors (Lipinski definition) is 4. The van der Waals surface area contributed by atoms with E-state index in [-0.39, 0.29) is 0 Å². The molecule has 1 heterocycles. The Labute approximate surface area is 72.9 Å². The number of halogens is 1. The van der Waals surface area contributed by atoms with Crippen LogP contribution in [0.2, 0.25) is 0 Å². The van der Waals surface area contributed by atoms with Crippen molar-refractivity contribution in [2.24, 2.45) is 0 Å². The number of anilines is 1. The van der Waals surface area contributed by atoms with Crippen LogP contribution in [-0.2, 0) is 0 Å². The lowest BCUT2D eigenvalue weighted by atomic mass is 10.5. The van der Waals surface area contributed by atoms with Crippen LogP contribution < -0.4 is 10.5 Å². The summed E-state index contributed by atoms with van der Waals surface area (Å²) in [6.07, 6.45) is 0. The topological polar surface area (TPSA) is 61.0 Å². The van der Waals surface area contributed by atoms with Gasteiger partial charge in [-0.3, -0.25) is 0 Å². The summed E-state index contributed by atoms with van der Waals surface area (Å²) >= 11 is 3.21. The molecule has 0 aliphatic rings. The van der Waals surface area contributed by atoms with Crippen molar-refractivity contribution in [1.82, 2.24) is 9.97 Å². The molecule has 0 fully saturated rings. The minimum Gasteiger partial charge on any atom is -0.478 e. The Hall–Kier alpha value is -0.840. The van der Waals surface area contributed by atoms with Gasteiger partial charge in [0.15, 0.2) is 5.82 Å². The van der Waals surface area contributed by atoms with Crippen LogP contribution in [0.1, 0.15) is 5.69 Å². The van der Waals surface area contributed by atoms with Crippen molar-refractivity contribution in [3.63, 3.8) is 0 Å². The monoisotopic (exact) mass is 217 g/mol. The summed E-state index contributed by atoms with van der Waals surface area (Å²) in [6.45, 7) is 1.81. The van der Waals surface area contributed by atoms with Gasteiger partial charge in [0.25, 0.3) is 5.88 Å². The molecular formula is C6H8BrN3O. The molecule has 0 radical (unpaired) electrons. The largest absolute Gasteiger partial charge is 0.478 e. The highest BCUT2D eigenvalue weighted by atomic mass is 79.9. The van der Waals surface area contributed by atoms with Crippen molar-refractivity contribution in [3.8, 4) is 5.88 Å². The first-order valence-corrected chi connectivity index (χ1v) is 3.78. The zero-order valence-electron chi connectivity index (χ0n) is 6.26. The van der Waals surface area contributed by atoms with Gasteiger partial charge in [0, 0.05) is 0 Å². The van der Waals surface area contributed by atoms with Gasteiger partial charge < -0.3 is 10.5 Å². The highest BCUT2D eigenvalue weighted by molar-refractivity contribution is 9.10. The van der Waals surface area contributed by atoms with Crippen LogP contribution in [0.4, 0.5) is 5.82 Å². The number of nitrogens with two attached hydrogens (primary N) is 1. The summed E-state index contributed by atoms with van der Waals surface area (Å²) in [5.41, 5.74) is 6.23. The highest BCUT2D eigenvalue weighted by Crippen LogP contribution is 2.20. The molecule has 0 saturated heterocycles. The molecule has 4 nitrogen and oxygen atoms in total. The normalized spacial score (nSPS) is 9.73. The fraction of sp³-hybridized carbons (Fsp3) is 0.333. The van der Waals surface area contributed by atoms with Crippen molar-refractivity contribution in [2.45, 2.75) is 6.92 Å². The second kappa shape index (κ2) is 3.04. The Morgan fingerprint density at radius 3 is 2.64 bits per heavy atom. The molecular weight excluding hydrogens is 210 g/mol. The van der Waals surface area contributed by atoms with Crippen LogP contribution in [0.15, 0.2) is 4.60 Å². The van der Waals surface area contributed by atoms with Gasteiger partial charge in [-0.25, -0.2) is 9.97 Å². The van der Waals surface area contributed by atoms with Gasteiger partial charge in [-0.05, 0) is 22.9 Å². The quantitative estimate of drug-likeness (QED) is 0.767. The minimum absolute atomic E-state index is 0.313. The fourth-order valence-corrected chi connectivity index (χ4v) is 0.902. The van der Waals surface area contributed by atoms with Gasteiger partial charge in [0.05, 0.1) is 12.8 Å². The van der Waals surface area contributed by atoms with E-state index in [1.165, 1.54) is 7.11 Å². The van der Waals surface area contributed by atoms with Gasteiger partial charge >= 0.3 is 0 Å². The third kappa shape index (κ3) is 1.59. The average molecular weight is 218 g/mol. The third-order valence-electron chi connectivity index (χ3n) is 1.20. The number of methoxy groups -OCH3 is 1. The Morgan fingerprint density at radius 1 is 1.45 bits per heavy atom. The summed E-state index contributed by atoms with van der Waals surface area (Å²) < 4.78 is 5.51. The summed E-state index contributed by atoms with van der Waals surface area (Å²) in [4.78, 5) is 7.99. The van der Waals surface area contributed by atoms with Crippen molar-refractivity contribution in [2.75, 3.05) is 12.8 Å². The van der Waals surface area contributed by atoms with E-state index in [1.807, 2.05) is 6.92 Å². The summed E-state index contributed by atoms with van der Waals surface area (Å²) in [5.74, 6) is 0.663. The van der Waals surface area contributed by atoms with E-state index < -0.39 is 0 Å². The lowest BCUT2D eigenvalue weighted by molar-refractivity contribution is 0.397. The molecule has 1 aromatic heterocycles. The van der Waals surface area contributed by atoms with E-state index in [1.54, 1.807) is 0 Å². The fourth-order valence-electron chi connectivity index (χ4n) is 0.652. The molecule has 0 aliphatic heterocycles. The Kier molecular flexibility index (Phi) is 2.28. The predicted molar refractivity (Wildman–Crippen MR) is 45.4 cm³/mol. The molecule has 0 spiro atoms. The maximum Gasteiger partial charge on any atom is 0.258 e. The number of aromatic nitrogens is 2.